The maximum atomic E-state index is 11.7. The molecule has 0 bridgehead atoms. The second kappa shape index (κ2) is 4.94. The third-order valence-electron chi connectivity index (χ3n) is 2.26. The van der Waals surface area contributed by atoms with E-state index >= 15 is 0 Å². The molecule has 0 aromatic heterocycles. The Kier molecular flexibility index (Phi) is 3.86. The zero-order valence-electron chi connectivity index (χ0n) is 7.42. The SMILES string of the molecule is O=C(CF)OC(=O)C1CCCCC1. The molecule has 0 N–H and O–H groups in total. The van der Waals surface area contributed by atoms with E-state index in [-0.39, 0.29) is 5.92 Å². The number of hydrogen-bond acceptors (Lipinski definition) is 3. The highest BCUT2D eigenvalue weighted by Crippen LogP contribution is 2.24. The summed E-state index contributed by atoms with van der Waals surface area (Å²) in [6.45, 7) is -1.22. The standard InChI is InChI=1S/C9H13FO3/c10-6-8(11)13-9(12)7-4-2-1-3-5-7/h7H,1-6H2. The van der Waals surface area contributed by atoms with E-state index in [1.165, 1.54) is 0 Å². The van der Waals surface area contributed by atoms with E-state index in [9.17, 15) is 14.0 Å². The molecule has 0 aromatic rings. The molecule has 3 nitrogen and oxygen atoms in total. The van der Waals surface area contributed by atoms with Gasteiger partial charge in [-0.3, -0.25) is 4.79 Å². The monoisotopic (exact) mass is 188 g/mol. The lowest BCUT2D eigenvalue weighted by molar-refractivity contribution is -0.163. The van der Waals surface area contributed by atoms with Gasteiger partial charge in [0.25, 0.3) is 0 Å². The number of ether oxygens (including phenoxy) is 1. The van der Waals surface area contributed by atoms with Crippen molar-refractivity contribution in [1.29, 1.82) is 0 Å². The molecule has 0 unspecified atom stereocenters. The number of carbonyl (C=O) groups excluding carboxylic acids is 2. The van der Waals surface area contributed by atoms with Crippen molar-refractivity contribution in [2.75, 3.05) is 6.67 Å². The van der Waals surface area contributed by atoms with Crippen LogP contribution in [0.2, 0.25) is 0 Å². The third-order valence-corrected chi connectivity index (χ3v) is 2.26. The fraction of sp³-hybridized carbons (Fsp3) is 0.778. The Morgan fingerprint density at radius 2 is 1.85 bits per heavy atom. The van der Waals surface area contributed by atoms with Crippen LogP contribution in [0, 0.1) is 5.92 Å². The first-order valence-corrected chi connectivity index (χ1v) is 4.54. The molecule has 1 saturated carbocycles. The van der Waals surface area contributed by atoms with Crippen molar-refractivity contribution in [3.8, 4) is 0 Å². The van der Waals surface area contributed by atoms with Gasteiger partial charge in [-0.15, -0.1) is 0 Å². The molecule has 13 heavy (non-hydrogen) atoms. The minimum absolute atomic E-state index is 0.191. The van der Waals surface area contributed by atoms with Gasteiger partial charge in [-0.25, -0.2) is 9.18 Å². The first-order valence-electron chi connectivity index (χ1n) is 4.54. The van der Waals surface area contributed by atoms with E-state index < -0.39 is 18.6 Å². The second-order valence-corrected chi connectivity index (χ2v) is 3.26. The summed E-state index contributed by atoms with van der Waals surface area (Å²) < 4.78 is 16.0. The molecule has 1 aliphatic rings. The molecule has 0 radical (unpaired) electrons. The molecular formula is C9H13FO3. The van der Waals surface area contributed by atoms with Crippen molar-refractivity contribution in [3.63, 3.8) is 0 Å². The Morgan fingerprint density at radius 3 is 2.38 bits per heavy atom. The van der Waals surface area contributed by atoms with Crippen LogP contribution in [-0.4, -0.2) is 18.6 Å². The predicted molar refractivity (Wildman–Crippen MR) is 43.6 cm³/mol. The first-order chi connectivity index (χ1) is 6.24. The quantitative estimate of drug-likeness (QED) is 0.488. The Bertz CT molecular complexity index is 197. The number of halogens is 1. The fourth-order valence-electron chi connectivity index (χ4n) is 1.56. The molecule has 1 aliphatic carbocycles. The predicted octanol–water partition coefficient (Wildman–Crippen LogP) is 1.61. The third kappa shape index (κ3) is 3.13. The zero-order chi connectivity index (χ0) is 9.68. The molecule has 0 spiro atoms. The van der Waals surface area contributed by atoms with Crippen molar-refractivity contribution >= 4 is 11.9 Å². The Balaban J connectivity index is 2.33. The highest BCUT2D eigenvalue weighted by Gasteiger charge is 2.24. The fourth-order valence-corrected chi connectivity index (χ4v) is 1.56. The number of alkyl halides is 1. The maximum Gasteiger partial charge on any atom is 0.345 e. The van der Waals surface area contributed by atoms with Crippen LogP contribution in [0.25, 0.3) is 0 Å². The molecule has 1 fully saturated rings. The number of esters is 2. The molecule has 1 rings (SSSR count). The van der Waals surface area contributed by atoms with Gasteiger partial charge in [0.15, 0.2) is 6.67 Å². The summed E-state index contributed by atoms with van der Waals surface area (Å²) in [5, 5.41) is 0. The lowest BCUT2D eigenvalue weighted by atomic mass is 9.89. The van der Waals surface area contributed by atoms with Gasteiger partial charge in [-0.05, 0) is 12.8 Å². The van der Waals surface area contributed by atoms with Crippen LogP contribution in [0.4, 0.5) is 4.39 Å². The van der Waals surface area contributed by atoms with E-state index in [1.807, 2.05) is 0 Å². The van der Waals surface area contributed by atoms with E-state index in [1.54, 1.807) is 0 Å². The van der Waals surface area contributed by atoms with Gasteiger partial charge in [-0.1, -0.05) is 19.3 Å². The van der Waals surface area contributed by atoms with E-state index in [0.717, 1.165) is 32.1 Å². The molecule has 0 amide bonds. The molecule has 0 saturated heterocycles. The van der Waals surface area contributed by atoms with Crippen molar-refractivity contribution in [2.45, 2.75) is 32.1 Å². The van der Waals surface area contributed by atoms with Crippen LogP contribution in [0.5, 0.6) is 0 Å². The van der Waals surface area contributed by atoms with Crippen molar-refractivity contribution in [3.05, 3.63) is 0 Å². The molecule has 4 heteroatoms. The average Bonchev–Trinajstić information content (AvgIpc) is 2.19. The van der Waals surface area contributed by atoms with Crippen LogP contribution in [-0.2, 0) is 14.3 Å². The maximum absolute atomic E-state index is 11.7. The van der Waals surface area contributed by atoms with Crippen molar-refractivity contribution in [1.82, 2.24) is 0 Å². The molecular weight excluding hydrogens is 175 g/mol. The summed E-state index contributed by atoms with van der Waals surface area (Å²) in [5.74, 6) is -1.82. The van der Waals surface area contributed by atoms with Crippen LogP contribution < -0.4 is 0 Å². The highest BCUT2D eigenvalue weighted by molar-refractivity contribution is 5.87. The van der Waals surface area contributed by atoms with E-state index in [0.29, 0.717) is 0 Å². The molecule has 0 heterocycles. The minimum Gasteiger partial charge on any atom is -0.391 e. The Hall–Kier alpha value is -0.930. The number of rotatable bonds is 2. The van der Waals surface area contributed by atoms with Crippen molar-refractivity contribution < 1.29 is 18.7 Å². The topological polar surface area (TPSA) is 43.4 Å². The molecule has 0 atom stereocenters. The highest BCUT2D eigenvalue weighted by atomic mass is 19.1. The Labute approximate surface area is 76.3 Å². The number of hydrogen-bond donors (Lipinski definition) is 0. The summed E-state index contributed by atoms with van der Waals surface area (Å²) >= 11 is 0. The first kappa shape index (κ1) is 10.2. The van der Waals surface area contributed by atoms with Crippen LogP contribution >= 0.6 is 0 Å². The molecule has 0 aromatic carbocycles. The van der Waals surface area contributed by atoms with Crippen LogP contribution in [0.15, 0.2) is 0 Å². The second-order valence-electron chi connectivity index (χ2n) is 3.26. The molecule has 0 aliphatic heterocycles. The minimum atomic E-state index is -1.22. The normalized spacial score (nSPS) is 18.2. The smallest absolute Gasteiger partial charge is 0.345 e. The van der Waals surface area contributed by atoms with Crippen LogP contribution in [0.3, 0.4) is 0 Å². The average molecular weight is 188 g/mol. The van der Waals surface area contributed by atoms with Gasteiger partial charge in [0.2, 0.25) is 0 Å². The summed E-state index contributed by atoms with van der Waals surface area (Å²) in [5.41, 5.74) is 0. The summed E-state index contributed by atoms with van der Waals surface area (Å²) in [4.78, 5) is 21.6. The largest absolute Gasteiger partial charge is 0.391 e. The summed E-state index contributed by atoms with van der Waals surface area (Å²) in [6, 6.07) is 0. The van der Waals surface area contributed by atoms with Gasteiger partial charge in [0, 0.05) is 0 Å². The van der Waals surface area contributed by atoms with Gasteiger partial charge in [0.1, 0.15) is 0 Å². The lowest BCUT2D eigenvalue weighted by Crippen LogP contribution is -2.23. The lowest BCUT2D eigenvalue weighted by Gasteiger charge is -2.18. The van der Waals surface area contributed by atoms with Gasteiger partial charge < -0.3 is 4.74 Å². The van der Waals surface area contributed by atoms with E-state index in [2.05, 4.69) is 4.74 Å². The van der Waals surface area contributed by atoms with Crippen molar-refractivity contribution in [2.24, 2.45) is 5.92 Å². The van der Waals surface area contributed by atoms with Gasteiger partial charge in [-0.2, -0.15) is 0 Å². The molecule has 74 valence electrons. The summed E-state index contributed by atoms with van der Waals surface area (Å²) in [7, 11) is 0. The Morgan fingerprint density at radius 1 is 1.23 bits per heavy atom. The van der Waals surface area contributed by atoms with Gasteiger partial charge in [0.05, 0.1) is 5.92 Å². The van der Waals surface area contributed by atoms with Gasteiger partial charge >= 0.3 is 11.9 Å². The summed E-state index contributed by atoms with van der Waals surface area (Å²) in [6.07, 6.45) is 4.63. The zero-order valence-corrected chi connectivity index (χ0v) is 7.42. The number of carbonyl (C=O) groups is 2. The van der Waals surface area contributed by atoms with Crippen LogP contribution in [0.1, 0.15) is 32.1 Å². The van der Waals surface area contributed by atoms with E-state index in [4.69, 9.17) is 0 Å².